The maximum Gasteiger partial charge on any atom is 0.120 e. The summed E-state index contributed by atoms with van der Waals surface area (Å²) in [6.45, 7) is 0. The molecular weight excluding hydrogens is 214 g/mol. The predicted octanol–water partition coefficient (Wildman–Crippen LogP) is 1.58. The van der Waals surface area contributed by atoms with Crippen LogP contribution in [0.3, 0.4) is 0 Å². The van der Waals surface area contributed by atoms with E-state index in [0.717, 1.165) is 12.7 Å². The van der Waals surface area contributed by atoms with Gasteiger partial charge in [0, 0.05) is 6.42 Å². The summed E-state index contributed by atoms with van der Waals surface area (Å²) in [5, 5.41) is 0. The number of aldehydes is 1. The maximum absolute atomic E-state index is 10.0. The highest BCUT2D eigenvalue weighted by atomic mass is 16.1. The first-order valence-electron chi connectivity index (χ1n) is 6.28. The summed E-state index contributed by atoms with van der Waals surface area (Å²) in [4.78, 5) is 10.0. The second-order valence-electron chi connectivity index (χ2n) is 3.17. The lowest BCUT2D eigenvalue weighted by Gasteiger charge is -2.12. The molecule has 0 spiro atoms. The molecule has 1 aliphatic rings. The van der Waals surface area contributed by atoms with Crippen LogP contribution in [0.15, 0.2) is 11.6 Å². The van der Waals surface area contributed by atoms with Crippen molar-refractivity contribution < 1.29 is 4.79 Å². The Bertz CT molecular complexity index is 151. The first-order valence-corrected chi connectivity index (χ1v) is 6.28. The molecule has 0 aliphatic heterocycles. The van der Waals surface area contributed by atoms with Gasteiger partial charge >= 0.3 is 0 Å². The summed E-state index contributed by atoms with van der Waals surface area (Å²) in [5.74, 6) is 0. The molecule has 1 fully saturated rings. The van der Waals surface area contributed by atoms with Crippen molar-refractivity contribution in [2.24, 2.45) is 17.2 Å². The van der Waals surface area contributed by atoms with Crippen LogP contribution in [0.5, 0.6) is 0 Å². The van der Waals surface area contributed by atoms with Crippen molar-refractivity contribution in [2.75, 3.05) is 21.1 Å². The number of carbonyl (C=O) groups is 1. The van der Waals surface area contributed by atoms with Gasteiger partial charge in [0.05, 0.1) is 0 Å². The molecule has 1 saturated carbocycles. The fraction of sp³-hybridized carbons (Fsp3) is 0.769. The van der Waals surface area contributed by atoms with E-state index in [2.05, 4.69) is 23.3 Å². The third-order valence-corrected chi connectivity index (χ3v) is 2.21. The Morgan fingerprint density at radius 1 is 0.882 bits per heavy atom. The maximum atomic E-state index is 10.0. The van der Waals surface area contributed by atoms with Gasteiger partial charge < -0.3 is 22.0 Å². The summed E-state index contributed by atoms with van der Waals surface area (Å²) >= 11 is 0. The molecule has 0 atom stereocenters. The Hall–Kier alpha value is -0.710. The fourth-order valence-corrected chi connectivity index (χ4v) is 1.57. The molecule has 0 amide bonds. The Labute approximate surface area is 107 Å². The van der Waals surface area contributed by atoms with Crippen molar-refractivity contribution in [3.8, 4) is 0 Å². The Kier molecular flexibility index (Phi) is 31.1. The van der Waals surface area contributed by atoms with Gasteiger partial charge in [-0.3, -0.25) is 0 Å². The molecule has 1 rings (SSSR count). The van der Waals surface area contributed by atoms with Gasteiger partial charge in [0.2, 0.25) is 0 Å². The van der Waals surface area contributed by atoms with Crippen LogP contribution in [0.2, 0.25) is 0 Å². The highest BCUT2D eigenvalue weighted by molar-refractivity contribution is 5.49. The van der Waals surface area contributed by atoms with Gasteiger partial charge in [0.1, 0.15) is 6.29 Å². The van der Waals surface area contributed by atoms with Gasteiger partial charge in [-0.25, -0.2) is 0 Å². The van der Waals surface area contributed by atoms with Crippen LogP contribution in [-0.2, 0) is 4.79 Å². The number of rotatable bonds is 3. The Balaban J connectivity index is -0.000000285. The van der Waals surface area contributed by atoms with Gasteiger partial charge in [0.15, 0.2) is 0 Å². The van der Waals surface area contributed by atoms with Crippen LogP contribution in [0.1, 0.15) is 44.9 Å². The molecule has 6 N–H and O–H groups in total. The first kappa shape index (κ1) is 21.6. The quantitative estimate of drug-likeness (QED) is 0.399. The van der Waals surface area contributed by atoms with Crippen LogP contribution >= 0.6 is 0 Å². The molecule has 17 heavy (non-hydrogen) atoms. The van der Waals surface area contributed by atoms with Crippen LogP contribution in [0.4, 0.5) is 0 Å². The van der Waals surface area contributed by atoms with E-state index < -0.39 is 0 Å². The van der Waals surface area contributed by atoms with E-state index in [1.165, 1.54) is 53.2 Å². The molecular formula is C13H31N3O. The SMILES string of the molecule is CN.CN.CN.O=CCCC=C1CCCCC1. The average molecular weight is 245 g/mol. The van der Waals surface area contributed by atoms with Crippen LogP contribution < -0.4 is 17.2 Å². The van der Waals surface area contributed by atoms with Crippen LogP contribution in [0.25, 0.3) is 0 Å². The zero-order valence-electron chi connectivity index (χ0n) is 11.7. The van der Waals surface area contributed by atoms with E-state index in [1.54, 1.807) is 5.57 Å². The zero-order chi connectivity index (χ0) is 13.9. The summed E-state index contributed by atoms with van der Waals surface area (Å²) < 4.78 is 0. The molecule has 0 radical (unpaired) electrons. The molecule has 0 saturated heterocycles. The Morgan fingerprint density at radius 3 is 1.76 bits per heavy atom. The topological polar surface area (TPSA) is 95.1 Å². The van der Waals surface area contributed by atoms with Crippen molar-refractivity contribution in [3.63, 3.8) is 0 Å². The molecule has 0 unspecified atom stereocenters. The lowest BCUT2D eigenvalue weighted by Crippen LogP contribution is -1.93. The largest absolute Gasteiger partial charge is 0.333 e. The minimum Gasteiger partial charge on any atom is -0.333 e. The van der Waals surface area contributed by atoms with Gasteiger partial charge in [0.25, 0.3) is 0 Å². The highest BCUT2D eigenvalue weighted by Gasteiger charge is 2.03. The zero-order valence-corrected chi connectivity index (χ0v) is 11.7. The van der Waals surface area contributed by atoms with Gasteiger partial charge in [-0.2, -0.15) is 0 Å². The second-order valence-corrected chi connectivity index (χ2v) is 3.17. The van der Waals surface area contributed by atoms with E-state index >= 15 is 0 Å². The normalized spacial score (nSPS) is 12.7. The predicted molar refractivity (Wildman–Crippen MR) is 76.8 cm³/mol. The smallest absolute Gasteiger partial charge is 0.120 e. The molecule has 104 valence electrons. The lowest BCUT2D eigenvalue weighted by atomic mass is 9.94. The minimum absolute atomic E-state index is 0.698. The summed E-state index contributed by atoms with van der Waals surface area (Å²) in [6, 6.07) is 0. The van der Waals surface area contributed by atoms with Crippen molar-refractivity contribution >= 4 is 6.29 Å². The standard InChI is InChI=1S/C10H16O.3CH5N/c11-9-5-4-8-10-6-2-1-3-7-10;3*1-2/h8-9H,1-7H2;3*2H2,1H3. The van der Waals surface area contributed by atoms with Crippen molar-refractivity contribution in [1.82, 2.24) is 0 Å². The molecule has 0 bridgehead atoms. The monoisotopic (exact) mass is 245 g/mol. The van der Waals surface area contributed by atoms with Crippen LogP contribution in [0, 0.1) is 0 Å². The summed E-state index contributed by atoms with van der Waals surface area (Å²) in [5.41, 5.74) is 15.1. The molecule has 4 nitrogen and oxygen atoms in total. The van der Waals surface area contributed by atoms with E-state index in [0.29, 0.717) is 6.42 Å². The van der Waals surface area contributed by atoms with E-state index in [4.69, 9.17) is 0 Å². The second kappa shape index (κ2) is 24.5. The van der Waals surface area contributed by atoms with Crippen molar-refractivity contribution in [2.45, 2.75) is 44.9 Å². The van der Waals surface area contributed by atoms with E-state index in [-0.39, 0.29) is 0 Å². The van der Waals surface area contributed by atoms with Crippen LogP contribution in [-0.4, -0.2) is 27.4 Å². The molecule has 0 aromatic carbocycles. The molecule has 0 heterocycles. The Morgan fingerprint density at radius 2 is 1.35 bits per heavy atom. The van der Waals surface area contributed by atoms with Gasteiger partial charge in [-0.05, 0) is 53.2 Å². The van der Waals surface area contributed by atoms with Crippen molar-refractivity contribution in [1.29, 1.82) is 0 Å². The van der Waals surface area contributed by atoms with Gasteiger partial charge in [-0.1, -0.05) is 18.1 Å². The molecule has 4 heteroatoms. The number of allylic oxidation sites excluding steroid dienone is 2. The van der Waals surface area contributed by atoms with Crippen molar-refractivity contribution in [3.05, 3.63) is 11.6 Å². The minimum atomic E-state index is 0.698. The summed E-state index contributed by atoms with van der Waals surface area (Å²) in [6.07, 6.45) is 11.6. The number of nitrogens with two attached hydrogens (primary N) is 3. The third kappa shape index (κ3) is 17.9. The third-order valence-electron chi connectivity index (χ3n) is 2.21. The first-order chi connectivity index (χ1) is 8.43. The number of hydrogen-bond acceptors (Lipinski definition) is 4. The molecule has 1 aliphatic carbocycles. The fourth-order valence-electron chi connectivity index (χ4n) is 1.57. The average Bonchev–Trinajstić information content (AvgIpc) is 2.47. The lowest BCUT2D eigenvalue weighted by molar-refractivity contribution is -0.107. The van der Waals surface area contributed by atoms with Gasteiger partial charge in [-0.15, -0.1) is 0 Å². The number of unbranched alkanes of at least 4 members (excludes halogenated alkanes) is 1. The van der Waals surface area contributed by atoms with E-state index in [1.807, 2.05) is 0 Å². The van der Waals surface area contributed by atoms with E-state index in [9.17, 15) is 4.79 Å². The molecule has 0 aromatic rings. The number of hydrogen-bond donors (Lipinski definition) is 3. The molecule has 0 aromatic heterocycles. The summed E-state index contributed by atoms with van der Waals surface area (Å²) in [7, 11) is 4.50. The highest BCUT2D eigenvalue weighted by Crippen LogP contribution is 2.22. The number of carbonyl (C=O) groups excluding carboxylic acids is 1.